The van der Waals surface area contributed by atoms with Crippen LogP contribution >= 0.6 is 0 Å². The van der Waals surface area contributed by atoms with E-state index < -0.39 is 0 Å². The van der Waals surface area contributed by atoms with Crippen LogP contribution < -0.4 is 11.1 Å². The van der Waals surface area contributed by atoms with Crippen LogP contribution in [0, 0.1) is 5.92 Å². The van der Waals surface area contributed by atoms with Crippen LogP contribution in [0.4, 0.5) is 0 Å². The van der Waals surface area contributed by atoms with Gasteiger partial charge in [-0.1, -0.05) is 13.3 Å². The molecule has 72 valence electrons. The molecule has 1 unspecified atom stereocenters. The van der Waals surface area contributed by atoms with Gasteiger partial charge in [-0.15, -0.1) is 0 Å². The number of nitrogens with one attached hydrogen (secondary N) is 1. The van der Waals surface area contributed by atoms with Gasteiger partial charge in [0, 0.05) is 6.04 Å². The molecule has 2 nitrogen and oxygen atoms in total. The summed E-state index contributed by atoms with van der Waals surface area (Å²) in [6.45, 7) is 4.49. The molecule has 0 amide bonds. The molecule has 0 aromatic carbocycles. The fraction of sp³-hybridized carbons (Fsp3) is 1.00. The van der Waals surface area contributed by atoms with E-state index in [1.54, 1.807) is 0 Å². The smallest absolute Gasteiger partial charge is 0.00792 e. The lowest BCUT2D eigenvalue weighted by Crippen LogP contribution is -2.28. The molecular weight excluding hydrogens is 148 g/mol. The lowest BCUT2D eigenvalue weighted by Gasteiger charge is -2.10. The van der Waals surface area contributed by atoms with Crippen molar-refractivity contribution < 1.29 is 0 Å². The first-order valence-electron chi connectivity index (χ1n) is 5.31. The summed E-state index contributed by atoms with van der Waals surface area (Å²) in [4.78, 5) is 0. The van der Waals surface area contributed by atoms with Crippen LogP contribution in [-0.2, 0) is 0 Å². The standard InChI is InChI=1S/C10H22N2/c1-2-3-7-12-8-6-10(11)9-4-5-9/h9-10,12H,2-8,11H2,1H3. The number of unbranched alkanes of at least 4 members (excludes halogenated alkanes) is 1. The summed E-state index contributed by atoms with van der Waals surface area (Å²) >= 11 is 0. The SMILES string of the molecule is CCCCNCCC(N)C1CC1. The second-order valence-electron chi connectivity index (χ2n) is 3.89. The maximum Gasteiger partial charge on any atom is 0.00792 e. The fourth-order valence-electron chi connectivity index (χ4n) is 1.46. The van der Waals surface area contributed by atoms with Crippen LogP contribution in [0.1, 0.15) is 39.0 Å². The van der Waals surface area contributed by atoms with Gasteiger partial charge in [0.05, 0.1) is 0 Å². The molecule has 12 heavy (non-hydrogen) atoms. The highest BCUT2D eigenvalue weighted by Gasteiger charge is 2.27. The van der Waals surface area contributed by atoms with Crippen LogP contribution in [0.15, 0.2) is 0 Å². The van der Waals surface area contributed by atoms with Crippen molar-refractivity contribution >= 4 is 0 Å². The van der Waals surface area contributed by atoms with Gasteiger partial charge >= 0.3 is 0 Å². The molecule has 0 aromatic heterocycles. The van der Waals surface area contributed by atoms with E-state index >= 15 is 0 Å². The van der Waals surface area contributed by atoms with E-state index in [1.165, 1.54) is 25.7 Å². The van der Waals surface area contributed by atoms with Crippen molar-refractivity contribution in [2.45, 2.75) is 45.1 Å². The number of rotatable bonds is 7. The zero-order valence-corrected chi connectivity index (χ0v) is 8.18. The van der Waals surface area contributed by atoms with Crippen molar-refractivity contribution in [1.29, 1.82) is 0 Å². The van der Waals surface area contributed by atoms with Gasteiger partial charge in [0.2, 0.25) is 0 Å². The van der Waals surface area contributed by atoms with Crippen molar-refractivity contribution in [3.8, 4) is 0 Å². The molecule has 0 heterocycles. The number of nitrogens with two attached hydrogens (primary N) is 1. The second kappa shape index (κ2) is 5.55. The highest BCUT2D eigenvalue weighted by molar-refractivity contribution is 4.84. The zero-order valence-electron chi connectivity index (χ0n) is 8.18. The van der Waals surface area contributed by atoms with Crippen molar-refractivity contribution in [2.24, 2.45) is 11.7 Å². The monoisotopic (exact) mass is 170 g/mol. The average Bonchev–Trinajstić information content (AvgIpc) is 2.86. The Morgan fingerprint density at radius 3 is 2.75 bits per heavy atom. The molecule has 1 saturated carbocycles. The van der Waals surface area contributed by atoms with Crippen LogP contribution in [0.3, 0.4) is 0 Å². The summed E-state index contributed by atoms with van der Waals surface area (Å²) in [6.07, 6.45) is 6.47. The minimum absolute atomic E-state index is 0.471. The van der Waals surface area contributed by atoms with E-state index in [1.807, 2.05) is 0 Å². The molecular formula is C10H22N2. The number of hydrogen-bond acceptors (Lipinski definition) is 2. The third kappa shape index (κ3) is 4.07. The minimum atomic E-state index is 0.471. The third-order valence-corrected chi connectivity index (χ3v) is 2.59. The van der Waals surface area contributed by atoms with Gasteiger partial charge in [0.1, 0.15) is 0 Å². The summed E-state index contributed by atoms with van der Waals surface area (Å²) in [5, 5.41) is 3.42. The molecule has 0 bridgehead atoms. The van der Waals surface area contributed by atoms with Crippen molar-refractivity contribution in [3.05, 3.63) is 0 Å². The van der Waals surface area contributed by atoms with Gasteiger partial charge in [-0.3, -0.25) is 0 Å². The highest BCUT2D eigenvalue weighted by atomic mass is 14.9. The summed E-state index contributed by atoms with van der Waals surface area (Å²) in [7, 11) is 0. The van der Waals surface area contributed by atoms with Gasteiger partial charge in [0.25, 0.3) is 0 Å². The molecule has 0 saturated heterocycles. The van der Waals surface area contributed by atoms with Crippen LogP contribution in [0.2, 0.25) is 0 Å². The topological polar surface area (TPSA) is 38.0 Å². The van der Waals surface area contributed by atoms with Gasteiger partial charge in [0.15, 0.2) is 0 Å². The summed E-state index contributed by atoms with van der Waals surface area (Å²) in [5.74, 6) is 0.859. The molecule has 2 heteroatoms. The quantitative estimate of drug-likeness (QED) is 0.568. The normalized spacial score (nSPS) is 19.5. The number of hydrogen-bond donors (Lipinski definition) is 2. The molecule has 3 N–H and O–H groups in total. The molecule has 0 aromatic rings. The van der Waals surface area contributed by atoms with Crippen LogP contribution in [0.5, 0.6) is 0 Å². The lowest BCUT2D eigenvalue weighted by atomic mass is 10.1. The molecule has 1 aliphatic rings. The van der Waals surface area contributed by atoms with Gasteiger partial charge < -0.3 is 11.1 Å². The first-order valence-corrected chi connectivity index (χ1v) is 5.31. The van der Waals surface area contributed by atoms with Gasteiger partial charge in [-0.25, -0.2) is 0 Å². The largest absolute Gasteiger partial charge is 0.327 e. The minimum Gasteiger partial charge on any atom is -0.327 e. The molecule has 0 aliphatic heterocycles. The Kier molecular flexibility index (Phi) is 4.62. The maximum atomic E-state index is 5.95. The zero-order chi connectivity index (χ0) is 8.81. The molecule has 1 fully saturated rings. The Bertz CT molecular complexity index is 110. The molecule has 1 aliphatic carbocycles. The molecule has 1 rings (SSSR count). The van der Waals surface area contributed by atoms with E-state index in [-0.39, 0.29) is 0 Å². The molecule has 0 radical (unpaired) electrons. The van der Waals surface area contributed by atoms with E-state index in [9.17, 15) is 0 Å². The Morgan fingerprint density at radius 1 is 1.42 bits per heavy atom. The Labute approximate surface area is 75.9 Å². The third-order valence-electron chi connectivity index (χ3n) is 2.59. The fourth-order valence-corrected chi connectivity index (χ4v) is 1.46. The van der Waals surface area contributed by atoms with Crippen LogP contribution in [-0.4, -0.2) is 19.1 Å². The van der Waals surface area contributed by atoms with Crippen molar-refractivity contribution in [1.82, 2.24) is 5.32 Å². The average molecular weight is 170 g/mol. The summed E-state index contributed by atoms with van der Waals surface area (Å²) in [6, 6.07) is 0.471. The van der Waals surface area contributed by atoms with Gasteiger partial charge in [-0.2, -0.15) is 0 Å². The van der Waals surface area contributed by atoms with E-state index in [2.05, 4.69) is 12.2 Å². The maximum absolute atomic E-state index is 5.95. The first-order chi connectivity index (χ1) is 5.84. The first kappa shape index (κ1) is 10.0. The Hall–Kier alpha value is -0.0800. The van der Waals surface area contributed by atoms with E-state index in [0.717, 1.165) is 25.4 Å². The molecule has 1 atom stereocenters. The van der Waals surface area contributed by atoms with Gasteiger partial charge in [-0.05, 0) is 44.7 Å². The van der Waals surface area contributed by atoms with Crippen molar-refractivity contribution in [3.63, 3.8) is 0 Å². The second-order valence-corrected chi connectivity index (χ2v) is 3.89. The Morgan fingerprint density at radius 2 is 2.17 bits per heavy atom. The highest BCUT2D eigenvalue weighted by Crippen LogP contribution is 2.32. The van der Waals surface area contributed by atoms with Crippen LogP contribution in [0.25, 0.3) is 0 Å². The van der Waals surface area contributed by atoms with E-state index in [4.69, 9.17) is 5.73 Å². The molecule has 0 spiro atoms. The van der Waals surface area contributed by atoms with Crippen molar-refractivity contribution in [2.75, 3.05) is 13.1 Å². The summed E-state index contributed by atoms with van der Waals surface area (Å²) in [5.41, 5.74) is 5.95. The summed E-state index contributed by atoms with van der Waals surface area (Å²) < 4.78 is 0. The lowest BCUT2D eigenvalue weighted by molar-refractivity contribution is 0.513. The predicted octanol–water partition coefficient (Wildman–Crippen LogP) is 1.50. The van der Waals surface area contributed by atoms with E-state index in [0.29, 0.717) is 6.04 Å². The Balaban J connectivity index is 1.81. The predicted molar refractivity (Wildman–Crippen MR) is 53.1 cm³/mol.